The Hall–Kier alpha value is -2.13. The molecule has 2 aliphatic heterocycles. The van der Waals surface area contributed by atoms with Crippen molar-refractivity contribution in [2.45, 2.75) is 62.6 Å². The zero-order valence-electron chi connectivity index (χ0n) is 16.0. The molecule has 2 aromatic rings. The van der Waals surface area contributed by atoms with Crippen molar-refractivity contribution >= 4 is 5.97 Å². The van der Waals surface area contributed by atoms with Crippen molar-refractivity contribution in [3.63, 3.8) is 0 Å². The summed E-state index contributed by atoms with van der Waals surface area (Å²) in [4.78, 5) is 16.0. The molecule has 3 aliphatic rings. The van der Waals surface area contributed by atoms with Gasteiger partial charge in [-0.25, -0.2) is 0 Å². The van der Waals surface area contributed by atoms with Gasteiger partial charge in [-0.2, -0.15) is 0 Å². The first kappa shape index (κ1) is 17.0. The molecule has 2 saturated heterocycles. The largest absolute Gasteiger partial charge is 0.443 e. The highest BCUT2D eigenvalue weighted by atomic mass is 16.6. The summed E-state index contributed by atoms with van der Waals surface area (Å²) in [6, 6.07) is 17.4. The van der Waals surface area contributed by atoms with Gasteiger partial charge in [0.2, 0.25) is 0 Å². The van der Waals surface area contributed by atoms with E-state index in [-0.39, 0.29) is 11.9 Å². The number of aryl methyl sites for hydroxylation is 2. The van der Waals surface area contributed by atoms with E-state index >= 15 is 0 Å². The Morgan fingerprint density at radius 3 is 2.26 bits per heavy atom. The highest BCUT2D eigenvalue weighted by molar-refractivity contribution is 5.84. The third kappa shape index (κ3) is 2.71. The summed E-state index contributed by atoms with van der Waals surface area (Å²) in [7, 11) is 2.14. The fraction of sp³-hybridized carbons (Fsp3) is 0.458. The second-order valence-electron chi connectivity index (χ2n) is 8.39. The van der Waals surface area contributed by atoms with Crippen LogP contribution >= 0.6 is 0 Å². The summed E-state index contributed by atoms with van der Waals surface area (Å²) in [5.41, 5.74) is 4.40. The zero-order valence-corrected chi connectivity index (χ0v) is 16.0. The fourth-order valence-electron chi connectivity index (χ4n) is 5.55. The van der Waals surface area contributed by atoms with Gasteiger partial charge in [-0.05, 0) is 61.4 Å². The lowest BCUT2D eigenvalue weighted by atomic mass is 9.88. The van der Waals surface area contributed by atoms with Gasteiger partial charge in [0.05, 0.1) is 0 Å². The van der Waals surface area contributed by atoms with E-state index in [2.05, 4.69) is 48.3 Å². The molecule has 0 N–H and O–H groups in total. The summed E-state index contributed by atoms with van der Waals surface area (Å²) < 4.78 is 6.38. The van der Waals surface area contributed by atoms with Crippen LogP contribution in [0, 0.1) is 0 Å². The molecule has 2 heterocycles. The lowest BCUT2D eigenvalue weighted by molar-refractivity contribution is -0.185. The van der Waals surface area contributed by atoms with E-state index in [1.807, 2.05) is 12.1 Å². The molecular formula is C24H27NO2. The number of nitrogens with zero attached hydrogens (tertiary/aromatic N) is 1. The fourth-order valence-corrected chi connectivity index (χ4v) is 5.55. The average molecular weight is 361 g/mol. The Morgan fingerprint density at radius 1 is 0.963 bits per heavy atom. The van der Waals surface area contributed by atoms with E-state index in [1.54, 1.807) is 0 Å². The van der Waals surface area contributed by atoms with Gasteiger partial charge in [-0.3, -0.25) is 9.69 Å². The van der Waals surface area contributed by atoms with Crippen molar-refractivity contribution < 1.29 is 9.53 Å². The normalized spacial score (nSPS) is 27.5. The first-order chi connectivity index (χ1) is 13.2. The van der Waals surface area contributed by atoms with Gasteiger partial charge in [-0.15, -0.1) is 0 Å². The number of hydrogen-bond donors (Lipinski definition) is 0. The Morgan fingerprint density at radius 2 is 1.59 bits per heavy atom. The first-order valence-electron chi connectivity index (χ1n) is 10.3. The molecule has 0 amide bonds. The highest BCUT2D eigenvalue weighted by Gasteiger charge is 2.50. The van der Waals surface area contributed by atoms with Gasteiger partial charge >= 0.3 is 5.97 Å². The standard InChI is InChI=1S/C24H27NO2/c1-25-19-9-6-15-24(25,16-14-19)27-23(26)22-20-10-4-2-7-17(20)12-13-18-8-3-5-11-21(18)22/h2-5,7-8,10-11,19,22H,6,9,12-16H2,1H3/t19-,24-/m1/s1. The summed E-state index contributed by atoms with van der Waals surface area (Å²) in [5.74, 6) is -0.394. The van der Waals surface area contributed by atoms with Crippen LogP contribution in [0.1, 0.15) is 60.3 Å². The van der Waals surface area contributed by atoms with Crippen molar-refractivity contribution in [1.82, 2.24) is 4.90 Å². The zero-order chi connectivity index (χ0) is 18.4. The SMILES string of the molecule is CN1[C@@H]2CCC[C@@]1(OC(=O)C1c3ccccc3CCc3ccccc31)CC2. The van der Waals surface area contributed by atoms with Gasteiger partial charge in [0.25, 0.3) is 0 Å². The molecule has 3 heteroatoms. The molecule has 2 atom stereocenters. The van der Waals surface area contributed by atoms with Crippen LogP contribution in [0.2, 0.25) is 0 Å². The molecule has 0 radical (unpaired) electrons. The van der Waals surface area contributed by atoms with E-state index in [0.29, 0.717) is 6.04 Å². The number of fused-ring (bicyclic) bond motifs is 4. The third-order valence-corrected chi connectivity index (χ3v) is 7.09. The van der Waals surface area contributed by atoms with E-state index < -0.39 is 5.72 Å². The molecule has 0 aromatic heterocycles. The van der Waals surface area contributed by atoms with Crippen LogP contribution in [0.3, 0.4) is 0 Å². The van der Waals surface area contributed by atoms with Crippen molar-refractivity contribution in [3.8, 4) is 0 Å². The molecule has 2 aromatic carbocycles. The lowest BCUT2D eigenvalue weighted by Gasteiger charge is -2.42. The van der Waals surface area contributed by atoms with Gasteiger partial charge in [0, 0.05) is 18.9 Å². The molecule has 140 valence electrons. The van der Waals surface area contributed by atoms with Gasteiger partial charge in [0.15, 0.2) is 5.72 Å². The van der Waals surface area contributed by atoms with Crippen LogP contribution in [-0.2, 0) is 22.4 Å². The van der Waals surface area contributed by atoms with Crippen molar-refractivity contribution in [2.75, 3.05) is 7.05 Å². The first-order valence-corrected chi connectivity index (χ1v) is 10.3. The van der Waals surface area contributed by atoms with E-state index in [0.717, 1.165) is 49.7 Å². The maximum Gasteiger partial charge on any atom is 0.319 e. The Labute approximate surface area is 161 Å². The molecule has 5 rings (SSSR count). The van der Waals surface area contributed by atoms with Gasteiger partial charge in [-0.1, -0.05) is 48.5 Å². The van der Waals surface area contributed by atoms with Crippen molar-refractivity contribution in [3.05, 3.63) is 70.8 Å². The average Bonchev–Trinajstić information content (AvgIpc) is 2.86. The molecule has 0 saturated carbocycles. The monoisotopic (exact) mass is 361 g/mol. The number of esters is 1. The van der Waals surface area contributed by atoms with Crippen molar-refractivity contribution in [2.24, 2.45) is 0 Å². The summed E-state index contributed by atoms with van der Waals surface area (Å²) in [6.07, 6.45) is 7.40. The Balaban J connectivity index is 1.55. The minimum atomic E-state index is -0.393. The lowest BCUT2D eigenvalue weighted by Crippen LogP contribution is -2.51. The molecular weight excluding hydrogens is 334 g/mol. The van der Waals surface area contributed by atoms with Crippen LogP contribution in [0.4, 0.5) is 0 Å². The minimum absolute atomic E-state index is 0.0776. The van der Waals surface area contributed by atoms with Crippen molar-refractivity contribution in [1.29, 1.82) is 0 Å². The predicted octanol–water partition coefficient (Wildman–Crippen LogP) is 4.43. The second-order valence-corrected chi connectivity index (χ2v) is 8.39. The molecule has 1 aliphatic carbocycles. The Kier molecular flexibility index (Phi) is 4.08. The number of hydrogen-bond acceptors (Lipinski definition) is 3. The molecule has 0 spiro atoms. The smallest absolute Gasteiger partial charge is 0.319 e. The number of ether oxygens (including phenoxy) is 1. The molecule has 0 unspecified atom stereocenters. The number of rotatable bonds is 2. The van der Waals surface area contributed by atoms with Gasteiger partial charge < -0.3 is 4.74 Å². The summed E-state index contributed by atoms with van der Waals surface area (Å²) >= 11 is 0. The Bertz CT molecular complexity index is 825. The van der Waals surface area contributed by atoms with E-state index in [4.69, 9.17) is 4.74 Å². The highest BCUT2D eigenvalue weighted by Crippen LogP contribution is 2.45. The van der Waals surface area contributed by atoms with Crippen LogP contribution < -0.4 is 0 Å². The molecule has 2 fully saturated rings. The number of piperidine rings is 1. The number of carbonyl (C=O) groups is 1. The topological polar surface area (TPSA) is 29.5 Å². The van der Waals surface area contributed by atoms with E-state index in [1.165, 1.54) is 17.5 Å². The van der Waals surface area contributed by atoms with Crippen LogP contribution in [0.15, 0.2) is 48.5 Å². The minimum Gasteiger partial charge on any atom is -0.443 e. The number of benzene rings is 2. The molecule has 3 nitrogen and oxygen atoms in total. The third-order valence-electron chi connectivity index (χ3n) is 7.09. The van der Waals surface area contributed by atoms with Crippen LogP contribution in [0.25, 0.3) is 0 Å². The van der Waals surface area contributed by atoms with Crippen LogP contribution in [-0.4, -0.2) is 29.7 Å². The quantitative estimate of drug-likeness (QED) is 0.741. The second kappa shape index (κ2) is 6.49. The maximum absolute atomic E-state index is 13.6. The molecule has 27 heavy (non-hydrogen) atoms. The summed E-state index contributed by atoms with van der Waals surface area (Å²) in [5, 5.41) is 0. The van der Waals surface area contributed by atoms with Gasteiger partial charge in [0.1, 0.15) is 5.92 Å². The predicted molar refractivity (Wildman–Crippen MR) is 106 cm³/mol. The number of carbonyl (C=O) groups excluding carboxylic acids is 1. The molecule has 2 bridgehead atoms. The van der Waals surface area contributed by atoms with E-state index in [9.17, 15) is 4.79 Å². The van der Waals surface area contributed by atoms with Crippen LogP contribution in [0.5, 0.6) is 0 Å². The summed E-state index contributed by atoms with van der Waals surface area (Å²) in [6.45, 7) is 0. The maximum atomic E-state index is 13.6.